The van der Waals surface area contributed by atoms with E-state index in [9.17, 15) is 0 Å². The first-order valence-electron chi connectivity index (χ1n) is 2.89. The van der Waals surface area contributed by atoms with Crippen LogP contribution in [0.4, 0.5) is 0 Å². The standard InChI is InChI=1S/C6H9.Zn/c1-2-4-6-5-3-1;/h1-3H,4-6H2;. The molecule has 0 saturated heterocycles. The van der Waals surface area contributed by atoms with Crippen LogP contribution in [-0.4, -0.2) is 0 Å². The third-order valence-corrected chi connectivity index (χ3v) is 2.78. The van der Waals surface area contributed by atoms with Gasteiger partial charge in [-0.3, -0.25) is 0 Å². The van der Waals surface area contributed by atoms with Crippen LogP contribution in [0.15, 0.2) is 12.2 Å². The summed E-state index contributed by atoms with van der Waals surface area (Å²) < 4.78 is 0.980. The van der Waals surface area contributed by atoms with E-state index in [0.29, 0.717) is 0 Å². The Morgan fingerprint density at radius 3 is 2.71 bits per heavy atom. The third kappa shape index (κ3) is 1.73. The molecule has 0 aromatic rings. The summed E-state index contributed by atoms with van der Waals surface area (Å²) in [5, 5.41) is 0. The third-order valence-electron chi connectivity index (χ3n) is 1.35. The van der Waals surface area contributed by atoms with E-state index < -0.39 is 0 Å². The van der Waals surface area contributed by atoms with Crippen LogP contribution < -0.4 is 0 Å². The molecule has 0 saturated carbocycles. The molecule has 1 atom stereocenters. The van der Waals surface area contributed by atoms with Gasteiger partial charge in [-0.15, -0.1) is 0 Å². The Kier molecular flexibility index (Phi) is 2.06. The molecule has 1 aliphatic rings. The molecule has 0 bridgehead atoms. The van der Waals surface area contributed by atoms with Crippen molar-refractivity contribution < 1.29 is 18.3 Å². The molecular formula is C6H9Zn. The molecule has 0 heterocycles. The summed E-state index contributed by atoms with van der Waals surface area (Å²) in [4.78, 5) is 0. The van der Waals surface area contributed by atoms with E-state index in [1.165, 1.54) is 37.6 Å². The second-order valence-electron chi connectivity index (χ2n) is 2.12. The molecule has 0 aromatic heterocycles. The fraction of sp³-hybridized carbons (Fsp3) is 0.667. The van der Waals surface area contributed by atoms with E-state index in [4.69, 9.17) is 0 Å². The van der Waals surface area contributed by atoms with Gasteiger partial charge in [0.1, 0.15) is 0 Å². The van der Waals surface area contributed by atoms with Gasteiger partial charge in [0.2, 0.25) is 0 Å². The maximum atomic E-state index is 2.36. The molecule has 1 unspecified atom stereocenters. The Labute approximate surface area is 54.7 Å². The first-order chi connectivity index (χ1) is 3.39. The second-order valence-corrected chi connectivity index (χ2v) is 4.32. The molecule has 0 amide bonds. The van der Waals surface area contributed by atoms with Crippen LogP contribution in [-0.2, 0) is 18.3 Å². The molecule has 0 spiro atoms. The Balaban J connectivity index is 2.36. The second kappa shape index (κ2) is 2.62. The topological polar surface area (TPSA) is 0 Å². The Morgan fingerprint density at radius 1 is 1.57 bits per heavy atom. The van der Waals surface area contributed by atoms with Crippen LogP contribution >= 0.6 is 0 Å². The monoisotopic (exact) mass is 145 g/mol. The fourth-order valence-corrected chi connectivity index (χ4v) is 1.89. The average molecular weight is 147 g/mol. The quantitative estimate of drug-likeness (QED) is 0.363. The first kappa shape index (κ1) is 5.50. The number of rotatable bonds is 0. The number of allylic oxidation sites excluding steroid dienone is 2. The van der Waals surface area contributed by atoms with Gasteiger partial charge in [-0.05, 0) is 0 Å². The van der Waals surface area contributed by atoms with E-state index in [0.717, 1.165) is 4.51 Å². The molecule has 0 radical (unpaired) electrons. The minimum absolute atomic E-state index is 0.980. The van der Waals surface area contributed by atoms with Crippen LogP contribution in [0.25, 0.3) is 0 Å². The van der Waals surface area contributed by atoms with Gasteiger partial charge in [0.05, 0.1) is 0 Å². The Hall–Kier alpha value is 0.363. The summed E-state index contributed by atoms with van der Waals surface area (Å²) in [6.45, 7) is 0. The van der Waals surface area contributed by atoms with Crippen molar-refractivity contribution in [2.45, 2.75) is 23.8 Å². The molecular weight excluding hydrogens is 137 g/mol. The molecule has 0 aliphatic heterocycles. The number of hydrogen-bond donors (Lipinski definition) is 0. The van der Waals surface area contributed by atoms with Crippen LogP contribution in [0.2, 0.25) is 4.51 Å². The summed E-state index contributed by atoms with van der Waals surface area (Å²) >= 11 is 1.45. The summed E-state index contributed by atoms with van der Waals surface area (Å²) in [5.41, 5.74) is 0. The summed E-state index contributed by atoms with van der Waals surface area (Å²) in [5.74, 6) is 0. The van der Waals surface area contributed by atoms with Gasteiger partial charge in [-0.1, -0.05) is 0 Å². The number of hydrogen-bond acceptors (Lipinski definition) is 0. The zero-order chi connectivity index (χ0) is 5.11. The van der Waals surface area contributed by atoms with Crippen molar-refractivity contribution in [3.05, 3.63) is 12.2 Å². The van der Waals surface area contributed by atoms with Gasteiger partial charge in [-0.25, -0.2) is 0 Å². The van der Waals surface area contributed by atoms with Crippen LogP contribution in [0.3, 0.4) is 0 Å². The maximum absolute atomic E-state index is 2.36. The van der Waals surface area contributed by atoms with Crippen molar-refractivity contribution in [3.63, 3.8) is 0 Å². The molecule has 0 aromatic carbocycles. The van der Waals surface area contributed by atoms with Crippen LogP contribution in [0.1, 0.15) is 19.3 Å². The summed E-state index contributed by atoms with van der Waals surface area (Å²) in [6.07, 6.45) is 8.90. The van der Waals surface area contributed by atoms with Gasteiger partial charge in [-0.2, -0.15) is 0 Å². The molecule has 1 aliphatic carbocycles. The van der Waals surface area contributed by atoms with Gasteiger partial charge in [0.25, 0.3) is 0 Å². The van der Waals surface area contributed by atoms with E-state index in [1.54, 1.807) is 0 Å². The van der Waals surface area contributed by atoms with E-state index in [1.807, 2.05) is 0 Å². The van der Waals surface area contributed by atoms with Crippen molar-refractivity contribution in [2.24, 2.45) is 0 Å². The van der Waals surface area contributed by atoms with Crippen LogP contribution in [0, 0.1) is 0 Å². The zero-order valence-corrected chi connectivity index (χ0v) is 7.53. The van der Waals surface area contributed by atoms with E-state index in [-0.39, 0.29) is 0 Å². The molecule has 0 fully saturated rings. The van der Waals surface area contributed by atoms with Gasteiger partial charge in [0.15, 0.2) is 0 Å². The normalized spacial score (nSPS) is 30.9. The molecule has 1 rings (SSSR count). The molecule has 0 nitrogen and oxygen atoms in total. The van der Waals surface area contributed by atoms with Crippen molar-refractivity contribution >= 4 is 0 Å². The van der Waals surface area contributed by atoms with E-state index in [2.05, 4.69) is 12.2 Å². The SMILES string of the molecule is [Zn][CH]1C=CCCC1. The fourth-order valence-electron chi connectivity index (χ4n) is 0.883. The average Bonchev–Trinajstić information content (AvgIpc) is 1.69. The first-order valence-corrected chi connectivity index (χ1v) is 4.60. The zero-order valence-electron chi connectivity index (χ0n) is 4.56. The van der Waals surface area contributed by atoms with Gasteiger partial charge in [0, 0.05) is 0 Å². The predicted octanol–water partition coefficient (Wildman–Crippen LogP) is 2.06. The summed E-state index contributed by atoms with van der Waals surface area (Å²) in [7, 11) is 0. The van der Waals surface area contributed by atoms with Crippen molar-refractivity contribution in [3.8, 4) is 0 Å². The van der Waals surface area contributed by atoms with E-state index >= 15 is 0 Å². The molecule has 7 heavy (non-hydrogen) atoms. The summed E-state index contributed by atoms with van der Waals surface area (Å²) in [6, 6.07) is 0. The van der Waals surface area contributed by atoms with Crippen molar-refractivity contribution in [2.75, 3.05) is 0 Å². The molecule has 1 heteroatoms. The van der Waals surface area contributed by atoms with Crippen molar-refractivity contribution in [1.82, 2.24) is 0 Å². The van der Waals surface area contributed by atoms with Crippen LogP contribution in [0.5, 0.6) is 0 Å². The molecule has 0 N–H and O–H groups in total. The Bertz CT molecular complexity index is 76.2. The Morgan fingerprint density at radius 2 is 2.43 bits per heavy atom. The van der Waals surface area contributed by atoms with Crippen molar-refractivity contribution in [1.29, 1.82) is 0 Å². The predicted molar refractivity (Wildman–Crippen MR) is 26.7 cm³/mol. The van der Waals surface area contributed by atoms with Gasteiger partial charge >= 0.3 is 54.2 Å². The minimum atomic E-state index is 0.980. The van der Waals surface area contributed by atoms with Gasteiger partial charge < -0.3 is 0 Å². The molecule has 35 valence electrons.